The van der Waals surface area contributed by atoms with Gasteiger partial charge in [-0.15, -0.1) is 0 Å². The number of hydrogen-bond donors (Lipinski definition) is 2. The van der Waals surface area contributed by atoms with Gasteiger partial charge in [-0.3, -0.25) is 4.79 Å². The molecule has 2 unspecified atom stereocenters. The molecule has 0 radical (unpaired) electrons. The van der Waals surface area contributed by atoms with Crippen LogP contribution in [0.5, 0.6) is 0 Å². The molecule has 0 aliphatic carbocycles. The zero-order valence-electron chi connectivity index (χ0n) is 10.8. The van der Waals surface area contributed by atoms with E-state index in [0.717, 1.165) is 19.4 Å². The summed E-state index contributed by atoms with van der Waals surface area (Å²) in [6.07, 6.45) is 2.03. The van der Waals surface area contributed by atoms with Gasteiger partial charge in [-0.1, -0.05) is 26.1 Å². The van der Waals surface area contributed by atoms with Crippen LogP contribution in [0.1, 0.15) is 33.6 Å². The van der Waals surface area contributed by atoms with Crippen molar-refractivity contribution in [3.63, 3.8) is 0 Å². The summed E-state index contributed by atoms with van der Waals surface area (Å²) >= 11 is 4.93. The largest absolute Gasteiger partial charge is 0.393 e. The van der Waals surface area contributed by atoms with E-state index in [0.29, 0.717) is 6.54 Å². The summed E-state index contributed by atoms with van der Waals surface area (Å²) < 4.78 is 5.61. The third kappa shape index (κ3) is 3.92. The van der Waals surface area contributed by atoms with Gasteiger partial charge in [0.2, 0.25) is 5.91 Å². The first-order valence-corrected chi connectivity index (χ1v) is 6.47. The average molecular weight is 258 g/mol. The molecule has 1 aliphatic rings. The molecule has 0 aromatic rings. The van der Waals surface area contributed by atoms with Crippen molar-refractivity contribution < 1.29 is 9.53 Å². The molecule has 1 fully saturated rings. The van der Waals surface area contributed by atoms with Crippen LogP contribution in [0.4, 0.5) is 0 Å². The zero-order valence-corrected chi connectivity index (χ0v) is 11.6. The molecule has 98 valence electrons. The molecule has 2 atom stereocenters. The van der Waals surface area contributed by atoms with Crippen LogP contribution in [0.25, 0.3) is 0 Å². The van der Waals surface area contributed by atoms with Crippen LogP contribution in [0.3, 0.4) is 0 Å². The zero-order chi connectivity index (χ0) is 13.1. The molecular weight excluding hydrogens is 236 g/mol. The number of nitrogens with one attached hydrogen (secondary N) is 1. The third-order valence-electron chi connectivity index (χ3n) is 3.19. The number of ether oxygens (including phenoxy) is 1. The lowest BCUT2D eigenvalue weighted by Gasteiger charge is -2.26. The van der Waals surface area contributed by atoms with Gasteiger partial charge < -0.3 is 15.8 Å². The van der Waals surface area contributed by atoms with Gasteiger partial charge >= 0.3 is 0 Å². The number of carbonyl (C=O) groups excluding carboxylic acids is 1. The van der Waals surface area contributed by atoms with Crippen LogP contribution < -0.4 is 11.1 Å². The summed E-state index contributed by atoms with van der Waals surface area (Å²) in [5.74, 6) is -0.371. The predicted octanol–water partition coefficient (Wildman–Crippen LogP) is 1.23. The molecule has 1 aliphatic heterocycles. The summed E-state index contributed by atoms with van der Waals surface area (Å²) in [7, 11) is 0. The number of amides is 1. The predicted molar refractivity (Wildman–Crippen MR) is 71.7 cm³/mol. The molecule has 17 heavy (non-hydrogen) atoms. The summed E-state index contributed by atoms with van der Waals surface area (Å²) in [5, 5.41) is 2.90. The lowest BCUT2D eigenvalue weighted by Crippen LogP contribution is -2.46. The van der Waals surface area contributed by atoms with Crippen LogP contribution in [0, 0.1) is 11.8 Å². The number of hydrogen-bond acceptors (Lipinski definition) is 3. The van der Waals surface area contributed by atoms with E-state index >= 15 is 0 Å². The lowest BCUT2D eigenvalue weighted by atomic mass is 9.94. The van der Waals surface area contributed by atoms with Crippen LogP contribution in [-0.4, -0.2) is 29.6 Å². The Labute approximate surface area is 108 Å². The second-order valence-electron chi connectivity index (χ2n) is 5.24. The SMILES string of the molecule is CC(C)C(C(=O)NCC1(C)CCCO1)C(N)=S. The third-order valence-corrected chi connectivity index (χ3v) is 3.45. The van der Waals surface area contributed by atoms with E-state index < -0.39 is 5.92 Å². The van der Waals surface area contributed by atoms with Gasteiger partial charge in [0.05, 0.1) is 16.5 Å². The van der Waals surface area contributed by atoms with Crippen molar-refractivity contribution in [3.8, 4) is 0 Å². The fourth-order valence-electron chi connectivity index (χ4n) is 2.12. The Balaban J connectivity index is 2.50. The van der Waals surface area contributed by atoms with Gasteiger partial charge in [-0.25, -0.2) is 0 Å². The van der Waals surface area contributed by atoms with Crippen molar-refractivity contribution in [2.24, 2.45) is 17.6 Å². The minimum absolute atomic E-state index is 0.0933. The second-order valence-corrected chi connectivity index (χ2v) is 5.72. The highest BCUT2D eigenvalue weighted by molar-refractivity contribution is 7.80. The van der Waals surface area contributed by atoms with E-state index in [4.69, 9.17) is 22.7 Å². The summed E-state index contributed by atoms with van der Waals surface area (Å²) in [5.41, 5.74) is 5.37. The van der Waals surface area contributed by atoms with Crippen molar-refractivity contribution in [2.45, 2.75) is 39.2 Å². The smallest absolute Gasteiger partial charge is 0.230 e. The maximum absolute atomic E-state index is 12.0. The van der Waals surface area contributed by atoms with E-state index in [2.05, 4.69) is 5.32 Å². The Morgan fingerprint density at radius 2 is 2.24 bits per heavy atom. The molecular formula is C12H22N2O2S. The van der Waals surface area contributed by atoms with Gasteiger partial charge in [0.25, 0.3) is 0 Å². The van der Waals surface area contributed by atoms with Crippen LogP contribution in [-0.2, 0) is 9.53 Å². The van der Waals surface area contributed by atoms with E-state index in [1.807, 2.05) is 20.8 Å². The Morgan fingerprint density at radius 1 is 1.59 bits per heavy atom. The first kappa shape index (κ1) is 14.4. The molecule has 0 spiro atoms. The van der Waals surface area contributed by atoms with E-state index in [1.165, 1.54) is 0 Å². The van der Waals surface area contributed by atoms with Crippen molar-refractivity contribution >= 4 is 23.1 Å². The fraction of sp³-hybridized carbons (Fsp3) is 0.833. The lowest BCUT2D eigenvalue weighted by molar-refractivity contribution is -0.125. The Kier molecular flexibility index (Phi) is 4.89. The molecule has 0 aromatic heterocycles. The highest BCUT2D eigenvalue weighted by Gasteiger charge is 2.32. The summed E-state index contributed by atoms with van der Waals surface area (Å²) in [4.78, 5) is 12.3. The number of carbonyl (C=O) groups is 1. The molecule has 1 saturated heterocycles. The molecule has 3 N–H and O–H groups in total. The van der Waals surface area contributed by atoms with Crippen molar-refractivity contribution in [1.82, 2.24) is 5.32 Å². The normalized spacial score (nSPS) is 25.9. The maximum Gasteiger partial charge on any atom is 0.230 e. The summed E-state index contributed by atoms with van der Waals surface area (Å²) in [6.45, 7) is 7.20. The maximum atomic E-state index is 12.0. The minimum Gasteiger partial charge on any atom is -0.393 e. The molecule has 0 bridgehead atoms. The van der Waals surface area contributed by atoms with E-state index in [-0.39, 0.29) is 22.4 Å². The average Bonchev–Trinajstić information content (AvgIpc) is 2.62. The molecule has 1 amide bonds. The van der Waals surface area contributed by atoms with Crippen molar-refractivity contribution in [2.75, 3.05) is 13.2 Å². The highest BCUT2D eigenvalue weighted by atomic mass is 32.1. The molecule has 1 rings (SSSR count). The topological polar surface area (TPSA) is 64.3 Å². The minimum atomic E-state index is -0.394. The molecule has 0 saturated carbocycles. The number of nitrogens with two attached hydrogens (primary N) is 1. The molecule has 4 nitrogen and oxygen atoms in total. The molecule has 5 heteroatoms. The van der Waals surface area contributed by atoms with Crippen molar-refractivity contribution in [1.29, 1.82) is 0 Å². The second kappa shape index (κ2) is 5.78. The van der Waals surface area contributed by atoms with Crippen molar-refractivity contribution in [3.05, 3.63) is 0 Å². The Morgan fingerprint density at radius 3 is 2.65 bits per heavy atom. The monoisotopic (exact) mass is 258 g/mol. The highest BCUT2D eigenvalue weighted by Crippen LogP contribution is 2.24. The van der Waals surface area contributed by atoms with Gasteiger partial charge in [-0.05, 0) is 25.7 Å². The number of thiocarbonyl (C=S) groups is 1. The quantitative estimate of drug-likeness (QED) is 0.728. The van der Waals surface area contributed by atoms with E-state index in [9.17, 15) is 4.79 Å². The van der Waals surface area contributed by atoms with E-state index in [1.54, 1.807) is 0 Å². The molecule has 1 heterocycles. The van der Waals surface area contributed by atoms with Gasteiger partial charge in [-0.2, -0.15) is 0 Å². The summed E-state index contributed by atoms with van der Waals surface area (Å²) in [6, 6.07) is 0. The van der Waals surface area contributed by atoms with Crippen LogP contribution in [0.15, 0.2) is 0 Å². The Bertz CT molecular complexity index is 299. The Hall–Kier alpha value is -0.680. The van der Waals surface area contributed by atoms with Gasteiger partial charge in [0.1, 0.15) is 0 Å². The fourth-order valence-corrected chi connectivity index (χ4v) is 2.50. The number of rotatable bonds is 5. The van der Waals surface area contributed by atoms with Gasteiger partial charge in [0, 0.05) is 13.2 Å². The standard InChI is InChI=1S/C12H22N2O2S/c1-8(2)9(10(13)17)11(15)14-7-12(3)5-4-6-16-12/h8-9H,4-7H2,1-3H3,(H2,13,17)(H,14,15). The van der Waals surface area contributed by atoms with Gasteiger partial charge in [0.15, 0.2) is 0 Å². The van der Waals surface area contributed by atoms with Crippen LogP contribution >= 0.6 is 12.2 Å². The molecule has 0 aromatic carbocycles. The first-order chi connectivity index (χ1) is 7.86. The van der Waals surface area contributed by atoms with Crippen LogP contribution in [0.2, 0.25) is 0 Å². The first-order valence-electron chi connectivity index (χ1n) is 6.07.